The van der Waals surface area contributed by atoms with Crippen molar-refractivity contribution in [2.45, 2.75) is 24.9 Å². The Hall–Kier alpha value is -4.12. The number of benzene rings is 2. The van der Waals surface area contributed by atoms with Crippen LogP contribution >= 0.6 is 0 Å². The summed E-state index contributed by atoms with van der Waals surface area (Å²) in [4.78, 5) is 25.7. The van der Waals surface area contributed by atoms with E-state index in [4.69, 9.17) is 13.9 Å². The molecule has 0 radical (unpaired) electrons. The monoisotopic (exact) mass is 495 g/mol. The molecule has 36 heavy (non-hydrogen) atoms. The van der Waals surface area contributed by atoms with Crippen molar-refractivity contribution < 1.29 is 27.5 Å². The number of amides is 1. The summed E-state index contributed by atoms with van der Waals surface area (Å²) >= 11 is 0. The zero-order valence-corrected chi connectivity index (χ0v) is 19.3. The van der Waals surface area contributed by atoms with Crippen molar-refractivity contribution in [1.82, 2.24) is 20.3 Å². The Labute approximate surface area is 204 Å². The number of anilines is 1. The summed E-state index contributed by atoms with van der Waals surface area (Å²) in [6.45, 7) is 1.29. The lowest BCUT2D eigenvalue weighted by Gasteiger charge is -2.23. The van der Waals surface area contributed by atoms with Gasteiger partial charge in [-0.3, -0.25) is 4.79 Å². The maximum Gasteiger partial charge on any atom is 0.252 e. The Morgan fingerprint density at radius 3 is 2.69 bits per heavy atom. The van der Waals surface area contributed by atoms with Crippen molar-refractivity contribution in [3.05, 3.63) is 77.6 Å². The highest BCUT2D eigenvalue weighted by molar-refractivity contribution is 5.98. The lowest BCUT2D eigenvalue weighted by Crippen LogP contribution is -2.29. The van der Waals surface area contributed by atoms with E-state index in [2.05, 4.69) is 25.6 Å². The van der Waals surface area contributed by atoms with Gasteiger partial charge in [0.05, 0.1) is 24.2 Å². The van der Waals surface area contributed by atoms with Gasteiger partial charge in [-0.15, -0.1) is 0 Å². The molecule has 2 N–H and O–H groups in total. The van der Waals surface area contributed by atoms with Crippen molar-refractivity contribution in [3.63, 3.8) is 0 Å². The van der Waals surface area contributed by atoms with Crippen LogP contribution in [0.1, 0.15) is 40.6 Å². The van der Waals surface area contributed by atoms with E-state index in [9.17, 15) is 13.6 Å². The molecule has 0 spiro atoms. The fourth-order valence-corrected chi connectivity index (χ4v) is 4.08. The van der Waals surface area contributed by atoms with Crippen molar-refractivity contribution in [2.24, 2.45) is 0 Å². The number of nitrogens with one attached hydrogen (secondary N) is 2. The molecule has 1 aliphatic rings. The highest BCUT2D eigenvalue weighted by Gasteiger charge is 2.23. The number of hydrogen-bond acceptors (Lipinski definition) is 8. The van der Waals surface area contributed by atoms with Gasteiger partial charge in [-0.1, -0.05) is 6.07 Å². The molecule has 5 rings (SSSR count). The molecule has 1 atom stereocenters. The molecule has 9 nitrogen and oxygen atoms in total. The van der Waals surface area contributed by atoms with Crippen molar-refractivity contribution in [3.8, 4) is 5.75 Å². The van der Waals surface area contributed by atoms with E-state index in [-0.39, 0.29) is 34.0 Å². The van der Waals surface area contributed by atoms with Crippen LogP contribution in [0.25, 0.3) is 10.9 Å². The van der Waals surface area contributed by atoms with Gasteiger partial charge in [0.25, 0.3) is 5.91 Å². The first kappa shape index (κ1) is 23.6. The van der Waals surface area contributed by atoms with Gasteiger partial charge in [0.1, 0.15) is 11.9 Å². The van der Waals surface area contributed by atoms with Gasteiger partial charge in [-0.25, -0.2) is 23.7 Å². The molecule has 1 unspecified atom stereocenters. The molecule has 2 aromatic carbocycles. The molecule has 1 saturated heterocycles. The summed E-state index contributed by atoms with van der Waals surface area (Å²) in [7, 11) is 1.36. The van der Waals surface area contributed by atoms with E-state index >= 15 is 0 Å². The molecule has 1 fully saturated rings. The van der Waals surface area contributed by atoms with Crippen LogP contribution < -0.4 is 15.4 Å². The van der Waals surface area contributed by atoms with Gasteiger partial charge >= 0.3 is 0 Å². The van der Waals surface area contributed by atoms with Gasteiger partial charge in [-0.2, -0.15) is 0 Å². The number of oxazole rings is 1. The average Bonchev–Trinajstić information content (AvgIpc) is 3.42. The summed E-state index contributed by atoms with van der Waals surface area (Å²) < 4.78 is 45.0. The Morgan fingerprint density at radius 1 is 1.14 bits per heavy atom. The Bertz CT molecular complexity index is 1380. The summed E-state index contributed by atoms with van der Waals surface area (Å²) in [5.41, 5.74) is 0.704. The lowest BCUT2D eigenvalue weighted by atomic mass is 10.0. The van der Waals surface area contributed by atoms with E-state index in [0.717, 1.165) is 18.9 Å². The fraction of sp³-hybridized carbons (Fsp3) is 0.280. The molecule has 2 aromatic heterocycles. The number of nitrogens with zero attached hydrogens (tertiary/aromatic N) is 3. The van der Waals surface area contributed by atoms with Gasteiger partial charge in [0, 0.05) is 31.0 Å². The van der Waals surface area contributed by atoms with Crippen LogP contribution in [0.3, 0.4) is 0 Å². The first-order chi connectivity index (χ1) is 17.5. The smallest absolute Gasteiger partial charge is 0.252 e. The van der Waals surface area contributed by atoms with Gasteiger partial charge in [0.2, 0.25) is 5.95 Å². The quantitative estimate of drug-likeness (QED) is 0.396. The van der Waals surface area contributed by atoms with Crippen LogP contribution in [0.5, 0.6) is 5.75 Å². The Kier molecular flexibility index (Phi) is 6.72. The molecule has 3 heterocycles. The molecular weight excluding hydrogens is 472 g/mol. The topological polar surface area (TPSA) is 111 Å². The molecule has 186 valence electrons. The molecule has 1 amide bonds. The number of aromatic nitrogens is 3. The summed E-state index contributed by atoms with van der Waals surface area (Å²) in [5, 5.41) is 6.19. The third-order valence-corrected chi connectivity index (χ3v) is 5.99. The Balaban J connectivity index is 1.43. The standard InChI is InChI=1S/C25H23F2N5O4/c1-34-21-3-2-14(8-19(21)27)23(22-12-28-13-36-22)32-24(33)15-9-18(26)17-11-29-25(31-20(17)10-15)30-16-4-6-35-7-5-16/h2-3,8-13,16,23H,4-7H2,1H3,(H,32,33)(H,29,30,31). The normalized spacial score (nSPS) is 15.0. The van der Waals surface area contributed by atoms with Crippen LogP contribution in [0, 0.1) is 11.6 Å². The first-order valence-corrected chi connectivity index (χ1v) is 11.3. The van der Waals surface area contributed by atoms with E-state index < -0.39 is 23.6 Å². The van der Waals surface area contributed by atoms with E-state index in [1.807, 2.05) is 0 Å². The summed E-state index contributed by atoms with van der Waals surface area (Å²) in [6.07, 6.45) is 5.63. The van der Waals surface area contributed by atoms with Gasteiger partial charge in [0.15, 0.2) is 23.7 Å². The number of carbonyl (C=O) groups is 1. The second kappa shape index (κ2) is 10.2. The number of methoxy groups -OCH3 is 1. The van der Waals surface area contributed by atoms with E-state index in [1.54, 1.807) is 6.07 Å². The molecule has 1 aliphatic heterocycles. The van der Waals surface area contributed by atoms with Crippen LogP contribution in [0.15, 0.2) is 53.5 Å². The lowest BCUT2D eigenvalue weighted by molar-refractivity contribution is 0.0903. The fourth-order valence-electron chi connectivity index (χ4n) is 4.08. The molecule has 4 aromatic rings. The second-order valence-electron chi connectivity index (χ2n) is 8.32. The summed E-state index contributed by atoms with van der Waals surface area (Å²) in [5.74, 6) is -1.17. The SMILES string of the molecule is COc1ccc(C(NC(=O)c2cc(F)c3cnc(NC4CCOCC4)nc3c2)c2cnco2)cc1F. The predicted octanol–water partition coefficient (Wildman–Crippen LogP) is 4.01. The van der Waals surface area contributed by atoms with Gasteiger partial charge < -0.3 is 24.5 Å². The van der Waals surface area contributed by atoms with Crippen LogP contribution in [0.4, 0.5) is 14.7 Å². The Morgan fingerprint density at radius 2 is 1.97 bits per heavy atom. The molecule has 0 saturated carbocycles. The van der Waals surface area contributed by atoms with Crippen LogP contribution in [-0.2, 0) is 4.74 Å². The van der Waals surface area contributed by atoms with Crippen molar-refractivity contribution in [2.75, 3.05) is 25.6 Å². The third kappa shape index (κ3) is 4.96. The van der Waals surface area contributed by atoms with Crippen molar-refractivity contribution in [1.29, 1.82) is 0 Å². The highest BCUT2D eigenvalue weighted by Crippen LogP contribution is 2.27. The number of carbonyl (C=O) groups excluding carboxylic acids is 1. The van der Waals surface area contributed by atoms with Crippen molar-refractivity contribution >= 4 is 22.8 Å². The van der Waals surface area contributed by atoms with Gasteiger partial charge in [-0.05, 0) is 42.7 Å². The zero-order valence-electron chi connectivity index (χ0n) is 19.3. The van der Waals surface area contributed by atoms with Crippen LogP contribution in [-0.4, -0.2) is 47.2 Å². The maximum absolute atomic E-state index is 14.9. The average molecular weight is 495 g/mol. The minimum atomic E-state index is -0.879. The first-order valence-electron chi connectivity index (χ1n) is 11.3. The largest absolute Gasteiger partial charge is 0.494 e. The molecular formula is C25H23F2N5O4. The van der Waals surface area contributed by atoms with E-state index in [1.165, 1.54) is 44.1 Å². The van der Waals surface area contributed by atoms with Crippen LogP contribution in [0.2, 0.25) is 0 Å². The molecule has 11 heteroatoms. The zero-order chi connectivity index (χ0) is 25.1. The summed E-state index contributed by atoms with van der Waals surface area (Å²) in [6, 6.07) is 6.14. The highest BCUT2D eigenvalue weighted by atomic mass is 19.1. The maximum atomic E-state index is 14.9. The molecule has 0 aliphatic carbocycles. The van der Waals surface area contributed by atoms with E-state index in [0.29, 0.717) is 24.7 Å². The minimum Gasteiger partial charge on any atom is -0.494 e. The third-order valence-electron chi connectivity index (χ3n) is 5.99. The number of fused-ring (bicyclic) bond motifs is 1. The molecule has 0 bridgehead atoms. The number of ether oxygens (including phenoxy) is 2. The number of rotatable bonds is 7. The number of halogens is 2. The second-order valence-corrected chi connectivity index (χ2v) is 8.32. The number of hydrogen-bond donors (Lipinski definition) is 2. The predicted molar refractivity (Wildman–Crippen MR) is 126 cm³/mol. The minimum absolute atomic E-state index is 0.0363.